The van der Waals surface area contributed by atoms with E-state index in [9.17, 15) is 4.79 Å². The molecule has 1 aliphatic rings. The van der Waals surface area contributed by atoms with Gasteiger partial charge < -0.3 is 11.1 Å². The monoisotopic (exact) mass is 308 g/mol. The first-order valence-electron chi connectivity index (χ1n) is 8.39. The largest absolute Gasteiger partial charge is 0.399 e. The van der Waals surface area contributed by atoms with Gasteiger partial charge >= 0.3 is 0 Å². The zero-order valence-corrected chi connectivity index (χ0v) is 13.4. The zero-order chi connectivity index (χ0) is 16.1. The van der Waals surface area contributed by atoms with Crippen LogP contribution >= 0.6 is 0 Å². The molecule has 0 aromatic heterocycles. The summed E-state index contributed by atoms with van der Waals surface area (Å²) in [7, 11) is 0. The van der Waals surface area contributed by atoms with E-state index in [1.54, 1.807) is 0 Å². The van der Waals surface area contributed by atoms with Gasteiger partial charge in [0.25, 0.3) is 0 Å². The van der Waals surface area contributed by atoms with Crippen LogP contribution in [0.4, 0.5) is 5.69 Å². The van der Waals surface area contributed by atoms with Gasteiger partial charge in [-0.05, 0) is 48.8 Å². The smallest absolute Gasteiger partial charge is 0.220 e. The number of nitrogens with two attached hydrogens (primary N) is 1. The number of rotatable bonds is 7. The molecule has 3 N–H and O–H groups in total. The van der Waals surface area contributed by atoms with Gasteiger partial charge in [-0.1, -0.05) is 48.5 Å². The number of hydrogen-bond donors (Lipinski definition) is 2. The van der Waals surface area contributed by atoms with Crippen molar-refractivity contribution in [2.75, 3.05) is 5.73 Å². The number of amides is 1. The van der Waals surface area contributed by atoms with Crippen LogP contribution < -0.4 is 11.1 Å². The number of carbonyl (C=O) groups excluding carboxylic acids is 1. The number of hydrogen-bond acceptors (Lipinski definition) is 2. The van der Waals surface area contributed by atoms with Gasteiger partial charge in [-0.2, -0.15) is 0 Å². The minimum Gasteiger partial charge on any atom is -0.399 e. The van der Waals surface area contributed by atoms with Crippen LogP contribution in [-0.4, -0.2) is 11.9 Å². The van der Waals surface area contributed by atoms with E-state index in [1.807, 2.05) is 30.3 Å². The predicted octanol–water partition coefficient (Wildman–Crippen LogP) is 3.34. The Labute approximate surface area is 137 Å². The molecule has 3 rings (SSSR count). The number of nitrogen functional groups attached to an aromatic ring is 1. The maximum atomic E-state index is 12.3. The Morgan fingerprint density at radius 2 is 1.78 bits per heavy atom. The van der Waals surface area contributed by atoms with Gasteiger partial charge in [0.1, 0.15) is 0 Å². The van der Waals surface area contributed by atoms with Crippen molar-refractivity contribution in [1.29, 1.82) is 0 Å². The molecule has 3 heteroatoms. The highest BCUT2D eigenvalue weighted by Crippen LogP contribution is 2.34. The molecular formula is C20H24N2O. The van der Waals surface area contributed by atoms with Crippen molar-refractivity contribution in [2.45, 2.75) is 38.1 Å². The third kappa shape index (κ3) is 4.59. The van der Waals surface area contributed by atoms with Crippen molar-refractivity contribution in [3.05, 3.63) is 65.7 Å². The van der Waals surface area contributed by atoms with Gasteiger partial charge in [0.05, 0.1) is 0 Å². The average Bonchev–Trinajstić information content (AvgIpc) is 3.39. The summed E-state index contributed by atoms with van der Waals surface area (Å²) in [5.41, 5.74) is 9.04. The second-order valence-corrected chi connectivity index (χ2v) is 6.40. The topological polar surface area (TPSA) is 55.1 Å². The van der Waals surface area contributed by atoms with Crippen LogP contribution in [0.15, 0.2) is 54.6 Å². The number of benzene rings is 2. The zero-order valence-electron chi connectivity index (χ0n) is 13.4. The van der Waals surface area contributed by atoms with Crippen molar-refractivity contribution >= 4 is 11.6 Å². The van der Waals surface area contributed by atoms with E-state index in [1.165, 1.54) is 18.4 Å². The van der Waals surface area contributed by atoms with E-state index < -0.39 is 0 Å². The molecule has 120 valence electrons. The first kappa shape index (κ1) is 15.6. The molecule has 23 heavy (non-hydrogen) atoms. The maximum Gasteiger partial charge on any atom is 0.220 e. The van der Waals surface area contributed by atoms with Crippen LogP contribution in [0.5, 0.6) is 0 Å². The highest BCUT2D eigenvalue weighted by molar-refractivity contribution is 5.77. The second-order valence-electron chi connectivity index (χ2n) is 6.40. The lowest BCUT2D eigenvalue weighted by molar-refractivity contribution is -0.121. The number of anilines is 1. The Morgan fingerprint density at radius 1 is 1.09 bits per heavy atom. The highest BCUT2D eigenvalue weighted by Gasteiger charge is 2.32. The van der Waals surface area contributed by atoms with Gasteiger partial charge in [0, 0.05) is 18.2 Å². The van der Waals surface area contributed by atoms with Gasteiger partial charge in [0.15, 0.2) is 0 Å². The van der Waals surface area contributed by atoms with Crippen LogP contribution in [0, 0.1) is 5.92 Å². The van der Waals surface area contributed by atoms with Crippen molar-refractivity contribution < 1.29 is 4.79 Å². The van der Waals surface area contributed by atoms with E-state index in [4.69, 9.17) is 5.73 Å². The molecular weight excluding hydrogens is 284 g/mol. The number of aryl methyl sites for hydroxylation is 1. The van der Waals surface area contributed by atoms with Gasteiger partial charge in [-0.3, -0.25) is 4.79 Å². The summed E-state index contributed by atoms with van der Waals surface area (Å²) in [6.45, 7) is 0. The Balaban J connectivity index is 1.53. The Bertz CT molecular complexity index is 650. The fourth-order valence-corrected chi connectivity index (χ4v) is 2.99. The number of carbonyl (C=O) groups is 1. The van der Waals surface area contributed by atoms with E-state index in [2.05, 4.69) is 29.6 Å². The third-order valence-electron chi connectivity index (χ3n) is 4.51. The van der Waals surface area contributed by atoms with Crippen molar-refractivity contribution in [2.24, 2.45) is 5.92 Å². The maximum absolute atomic E-state index is 12.3. The summed E-state index contributed by atoms with van der Waals surface area (Å²) < 4.78 is 0. The van der Waals surface area contributed by atoms with Crippen molar-refractivity contribution in [1.82, 2.24) is 5.32 Å². The molecule has 0 aliphatic heterocycles. The Kier molecular flexibility index (Phi) is 4.96. The van der Waals surface area contributed by atoms with E-state index in [0.29, 0.717) is 18.8 Å². The molecule has 2 aromatic rings. The molecule has 0 heterocycles. The Morgan fingerprint density at radius 3 is 2.48 bits per heavy atom. The molecule has 1 saturated carbocycles. The summed E-state index contributed by atoms with van der Waals surface area (Å²) in [5.74, 6) is 0.766. The summed E-state index contributed by atoms with van der Waals surface area (Å²) in [6, 6.07) is 18.4. The van der Waals surface area contributed by atoms with Gasteiger partial charge in [0.2, 0.25) is 5.91 Å². The summed E-state index contributed by atoms with van der Waals surface area (Å²) in [6.07, 6.45) is 4.56. The molecule has 1 aliphatic carbocycles. The van der Waals surface area contributed by atoms with Crippen LogP contribution in [0.2, 0.25) is 0 Å². The quantitative estimate of drug-likeness (QED) is 0.771. The first-order chi connectivity index (χ1) is 11.2. The minimum atomic E-state index is 0.126. The molecule has 1 amide bonds. The third-order valence-corrected chi connectivity index (χ3v) is 4.51. The normalized spacial score (nSPS) is 15.1. The molecule has 3 nitrogen and oxygen atoms in total. The second kappa shape index (κ2) is 7.32. The Hall–Kier alpha value is -2.29. The fourth-order valence-electron chi connectivity index (χ4n) is 2.99. The SMILES string of the molecule is Nc1ccccc1CCC(=O)NC(Cc1ccccc1)C1CC1. The summed E-state index contributed by atoms with van der Waals surface area (Å²) in [5, 5.41) is 3.24. The lowest BCUT2D eigenvalue weighted by Crippen LogP contribution is -2.38. The molecule has 0 spiro atoms. The number of nitrogens with one attached hydrogen (secondary N) is 1. The fraction of sp³-hybridized carbons (Fsp3) is 0.350. The molecule has 1 fully saturated rings. The minimum absolute atomic E-state index is 0.126. The van der Waals surface area contributed by atoms with Crippen LogP contribution in [-0.2, 0) is 17.6 Å². The average molecular weight is 308 g/mol. The molecule has 2 aromatic carbocycles. The van der Waals surface area contributed by atoms with E-state index in [0.717, 1.165) is 17.7 Å². The van der Waals surface area contributed by atoms with Crippen molar-refractivity contribution in [3.63, 3.8) is 0 Å². The van der Waals surface area contributed by atoms with Gasteiger partial charge in [-0.25, -0.2) is 0 Å². The highest BCUT2D eigenvalue weighted by atomic mass is 16.1. The first-order valence-corrected chi connectivity index (χ1v) is 8.39. The van der Waals surface area contributed by atoms with E-state index >= 15 is 0 Å². The van der Waals surface area contributed by atoms with Crippen LogP contribution in [0.3, 0.4) is 0 Å². The molecule has 0 bridgehead atoms. The lowest BCUT2D eigenvalue weighted by Gasteiger charge is -2.18. The molecule has 1 unspecified atom stereocenters. The molecule has 1 atom stereocenters. The molecule has 0 radical (unpaired) electrons. The summed E-state index contributed by atoms with van der Waals surface area (Å²) >= 11 is 0. The van der Waals surface area contributed by atoms with E-state index in [-0.39, 0.29) is 11.9 Å². The van der Waals surface area contributed by atoms with Crippen LogP contribution in [0.1, 0.15) is 30.4 Å². The van der Waals surface area contributed by atoms with Gasteiger partial charge in [-0.15, -0.1) is 0 Å². The van der Waals surface area contributed by atoms with Crippen LogP contribution in [0.25, 0.3) is 0 Å². The molecule has 0 saturated heterocycles. The summed E-state index contributed by atoms with van der Waals surface area (Å²) in [4.78, 5) is 12.3. The standard InChI is InChI=1S/C20H24N2O/c21-18-9-5-4-8-16(18)12-13-20(23)22-19(17-10-11-17)14-15-6-2-1-3-7-15/h1-9,17,19H,10-14,21H2,(H,22,23). The lowest BCUT2D eigenvalue weighted by atomic mass is 10.0. The predicted molar refractivity (Wildman–Crippen MR) is 94.0 cm³/mol. The van der Waals surface area contributed by atoms with Crippen molar-refractivity contribution in [3.8, 4) is 0 Å². The number of para-hydroxylation sites is 1.